The Morgan fingerprint density at radius 1 is 1.38 bits per heavy atom. The number of allylic oxidation sites excluding steroid dienone is 1. The van der Waals surface area contributed by atoms with Crippen LogP contribution in [0.25, 0.3) is 5.65 Å². The number of carbonyl (C=O) groups excluding carboxylic acids is 1. The largest absolute Gasteiger partial charge is 0.410 e. The summed E-state index contributed by atoms with van der Waals surface area (Å²) in [6, 6.07) is -1.32. The van der Waals surface area contributed by atoms with Crippen LogP contribution in [0.5, 0.6) is 0 Å². The average molecular weight is 598 g/mol. The summed E-state index contributed by atoms with van der Waals surface area (Å²) in [6.45, 7) is 1.39. The van der Waals surface area contributed by atoms with E-state index in [9.17, 15) is 26.7 Å². The molecule has 1 aliphatic heterocycles. The summed E-state index contributed by atoms with van der Waals surface area (Å²) in [4.78, 5) is 17.7. The molecule has 1 aliphatic carbocycles. The van der Waals surface area contributed by atoms with Gasteiger partial charge in [-0.1, -0.05) is 0 Å². The van der Waals surface area contributed by atoms with Crippen LogP contribution in [-0.4, -0.2) is 50.2 Å². The summed E-state index contributed by atoms with van der Waals surface area (Å²) in [7, 11) is 0. The smallest absolute Gasteiger partial charge is 0.382 e. The van der Waals surface area contributed by atoms with Crippen molar-refractivity contribution >= 4 is 34.3 Å². The van der Waals surface area contributed by atoms with Crippen LogP contribution in [0, 0.1) is 5.92 Å². The van der Waals surface area contributed by atoms with E-state index in [1.165, 1.54) is 10.7 Å². The first-order valence-corrected chi connectivity index (χ1v) is 11.9. The molecular weight excluding hydrogens is 574 g/mol. The summed E-state index contributed by atoms with van der Waals surface area (Å²) in [5, 5.41) is 9.54. The van der Waals surface area contributed by atoms with Crippen LogP contribution in [-0.2, 0) is 6.54 Å². The minimum absolute atomic E-state index is 0.0383. The fourth-order valence-corrected chi connectivity index (χ4v) is 4.54. The third-order valence-corrected chi connectivity index (χ3v) is 6.48. The number of aromatic nitrogens is 3. The van der Waals surface area contributed by atoms with E-state index in [-0.39, 0.29) is 31.3 Å². The average Bonchev–Trinajstić information content (AvgIpc) is 3.32. The van der Waals surface area contributed by atoms with Gasteiger partial charge >= 0.3 is 12.2 Å². The number of amides is 2. The Morgan fingerprint density at radius 3 is 2.71 bits per heavy atom. The molecule has 2 fully saturated rings. The van der Waals surface area contributed by atoms with Gasteiger partial charge in [-0.25, -0.2) is 23.1 Å². The van der Waals surface area contributed by atoms with E-state index in [0.29, 0.717) is 29.7 Å². The molecule has 1 saturated heterocycles. The number of fused-ring (bicyclic) bond motifs is 1. The van der Waals surface area contributed by atoms with Crippen molar-refractivity contribution in [2.45, 2.75) is 63.3 Å². The molecule has 0 spiro atoms. The highest BCUT2D eigenvalue weighted by atomic mass is 127. The van der Waals surface area contributed by atoms with Gasteiger partial charge in [0, 0.05) is 29.2 Å². The summed E-state index contributed by atoms with van der Waals surface area (Å²) < 4.78 is 68.7. The normalized spacial score (nSPS) is 22.8. The van der Waals surface area contributed by atoms with Gasteiger partial charge in [0.25, 0.3) is 0 Å². The fourth-order valence-electron chi connectivity index (χ4n) is 4.37. The monoisotopic (exact) mass is 598 g/mol. The maximum absolute atomic E-state index is 13.7. The van der Waals surface area contributed by atoms with Crippen molar-refractivity contribution < 1.29 is 26.7 Å². The number of nitrogens with one attached hydrogen (secondary N) is 2. The van der Waals surface area contributed by atoms with Gasteiger partial charge < -0.3 is 15.5 Å². The maximum Gasteiger partial charge on any atom is 0.410 e. The van der Waals surface area contributed by atoms with E-state index in [1.54, 1.807) is 12.3 Å². The lowest BCUT2D eigenvalue weighted by atomic mass is 9.81. The van der Waals surface area contributed by atoms with Gasteiger partial charge in [-0.3, -0.25) is 0 Å². The van der Waals surface area contributed by atoms with Gasteiger partial charge in [0.15, 0.2) is 5.65 Å². The number of nitrogens with zero attached hydrogens (tertiary/aromatic N) is 4. The molecule has 2 N–H and O–H groups in total. The molecule has 2 aromatic heterocycles. The molecule has 2 aromatic rings. The van der Waals surface area contributed by atoms with Crippen molar-refractivity contribution in [3.05, 3.63) is 39.5 Å². The molecule has 0 aromatic carbocycles. The Kier molecular flexibility index (Phi) is 6.93. The zero-order valence-electron chi connectivity index (χ0n) is 18.2. The van der Waals surface area contributed by atoms with Crippen LogP contribution >= 0.6 is 22.6 Å². The number of urea groups is 1. The zero-order valence-corrected chi connectivity index (χ0v) is 20.4. The van der Waals surface area contributed by atoms with Crippen LogP contribution in [0.1, 0.15) is 49.9 Å². The van der Waals surface area contributed by atoms with Crippen molar-refractivity contribution in [2.24, 2.45) is 5.92 Å². The van der Waals surface area contributed by atoms with Crippen molar-refractivity contribution in [3.63, 3.8) is 0 Å². The predicted molar refractivity (Wildman–Crippen MR) is 122 cm³/mol. The van der Waals surface area contributed by atoms with E-state index >= 15 is 0 Å². The highest BCUT2D eigenvalue weighted by molar-refractivity contribution is 14.1. The van der Waals surface area contributed by atoms with Gasteiger partial charge in [-0.2, -0.15) is 18.3 Å². The third kappa shape index (κ3) is 5.71. The van der Waals surface area contributed by atoms with Gasteiger partial charge in [0.05, 0.1) is 30.7 Å². The SMILES string of the molecule is C/C(I)=C\N[C@H](c1cn2ncc(CN3C[C@@H](C(F)(F)F)NC3=O)cc2n1)C1CCC(F)(F)CC1. The first kappa shape index (κ1) is 24.9. The Hall–Kier alpha value is -2.19. The zero-order chi connectivity index (χ0) is 24.7. The number of carbonyl (C=O) groups is 1. The second kappa shape index (κ2) is 9.46. The lowest BCUT2D eigenvalue weighted by Crippen LogP contribution is -2.40. The molecule has 2 amide bonds. The lowest BCUT2D eigenvalue weighted by molar-refractivity contribution is -0.149. The number of hydrogen-bond donors (Lipinski definition) is 2. The Balaban J connectivity index is 1.54. The summed E-state index contributed by atoms with van der Waals surface area (Å²) in [5.41, 5.74) is 1.64. The van der Waals surface area contributed by atoms with Crippen LogP contribution in [0.2, 0.25) is 0 Å². The van der Waals surface area contributed by atoms with Crippen LogP contribution in [0.4, 0.5) is 26.7 Å². The standard InChI is InChI=1S/C21H24F5IN6O/c1-12(27)7-28-18(14-2-4-20(22,23)5-3-14)15-10-33-17(30-15)6-13(8-29-33)9-32-11-16(21(24,25)26)31-19(32)34/h6-8,10,14,16,18,28H,2-5,9,11H2,1H3,(H,31,34)/b12-7+/t16-,18-/m0/s1. The van der Waals surface area contributed by atoms with Crippen LogP contribution in [0.3, 0.4) is 0 Å². The third-order valence-electron chi connectivity index (χ3n) is 6.17. The lowest BCUT2D eigenvalue weighted by Gasteiger charge is -2.33. The van der Waals surface area contributed by atoms with E-state index in [2.05, 4.69) is 38.0 Å². The number of rotatable bonds is 6. The molecule has 1 saturated carbocycles. The van der Waals surface area contributed by atoms with Crippen molar-refractivity contribution in [3.8, 4) is 0 Å². The Bertz CT molecular complexity index is 1070. The Morgan fingerprint density at radius 2 is 2.09 bits per heavy atom. The fraction of sp³-hybridized carbons (Fsp3) is 0.571. The Labute approximate surface area is 206 Å². The number of hydrogen-bond acceptors (Lipinski definition) is 4. The first-order valence-electron chi connectivity index (χ1n) is 10.8. The molecule has 4 rings (SSSR count). The second-order valence-corrected chi connectivity index (χ2v) is 10.5. The maximum atomic E-state index is 13.7. The minimum Gasteiger partial charge on any atom is -0.382 e. The van der Waals surface area contributed by atoms with E-state index in [1.807, 2.05) is 18.4 Å². The first-order chi connectivity index (χ1) is 15.9. The van der Waals surface area contributed by atoms with E-state index < -0.39 is 30.7 Å². The predicted octanol–water partition coefficient (Wildman–Crippen LogP) is 4.94. The molecule has 3 heterocycles. The molecule has 0 unspecified atom stereocenters. The van der Waals surface area contributed by atoms with Gasteiger partial charge in [-0.05, 0) is 59.9 Å². The van der Waals surface area contributed by atoms with Crippen molar-refractivity contribution in [1.82, 2.24) is 30.1 Å². The number of alkyl halides is 5. The minimum atomic E-state index is -4.51. The van der Waals surface area contributed by atoms with E-state index in [0.717, 1.165) is 8.48 Å². The van der Waals surface area contributed by atoms with Gasteiger partial charge in [0.1, 0.15) is 6.04 Å². The topological polar surface area (TPSA) is 74.6 Å². The summed E-state index contributed by atoms with van der Waals surface area (Å²) in [5.74, 6) is -2.68. The second-order valence-electron chi connectivity index (χ2n) is 8.83. The molecule has 13 heteroatoms. The van der Waals surface area contributed by atoms with E-state index in [4.69, 9.17) is 0 Å². The highest BCUT2D eigenvalue weighted by Gasteiger charge is 2.46. The molecular formula is C21H24F5IN6O. The van der Waals surface area contributed by atoms with Gasteiger partial charge in [0.2, 0.25) is 5.92 Å². The number of imidazole rings is 1. The highest BCUT2D eigenvalue weighted by Crippen LogP contribution is 2.41. The van der Waals surface area contributed by atoms with Crippen molar-refractivity contribution in [2.75, 3.05) is 6.54 Å². The molecule has 2 aliphatic rings. The molecule has 0 radical (unpaired) electrons. The molecule has 186 valence electrons. The quantitative estimate of drug-likeness (QED) is 0.365. The number of halogens is 6. The molecule has 2 atom stereocenters. The molecule has 34 heavy (non-hydrogen) atoms. The molecule has 0 bridgehead atoms. The van der Waals surface area contributed by atoms with Gasteiger partial charge in [-0.15, -0.1) is 0 Å². The summed E-state index contributed by atoms with van der Waals surface area (Å²) in [6.07, 6.45) is 0.883. The summed E-state index contributed by atoms with van der Waals surface area (Å²) >= 11 is 2.15. The van der Waals surface area contributed by atoms with Crippen molar-refractivity contribution in [1.29, 1.82) is 0 Å². The van der Waals surface area contributed by atoms with Crippen LogP contribution in [0.15, 0.2) is 28.2 Å². The molecule has 7 nitrogen and oxygen atoms in total. The van der Waals surface area contributed by atoms with Crippen LogP contribution < -0.4 is 10.6 Å².